The summed E-state index contributed by atoms with van der Waals surface area (Å²) < 4.78 is 6.16. The molecule has 2 unspecified atom stereocenters. The molecule has 0 aromatic heterocycles. The maximum atomic E-state index is 13.7. The monoisotopic (exact) mass is 854 g/mol. The van der Waals surface area contributed by atoms with Crippen molar-refractivity contribution in [3.8, 4) is 33.4 Å². The zero-order chi connectivity index (χ0) is 41.8. The van der Waals surface area contributed by atoms with Gasteiger partial charge in [-0.2, -0.15) is 0 Å². The lowest BCUT2D eigenvalue weighted by Gasteiger charge is -2.21. The van der Waals surface area contributed by atoms with E-state index in [-0.39, 0.29) is 18.7 Å². The van der Waals surface area contributed by atoms with Crippen LogP contribution in [-0.2, 0) is 20.7 Å². The number of esters is 2. The Labute approximate surface area is 358 Å². The normalized spacial score (nSPS) is 11.8. The minimum absolute atomic E-state index is 0.313. The Balaban J connectivity index is 1.08. The van der Waals surface area contributed by atoms with E-state index in [0.717, 1.165) is 44.3 Å². The fourth-order valence-electron chi connectivity index (χ4n) is 6.98. The second kappa shape index (κ2) is 19.7. The minimum Gasteiger partial charge on any atom is -0.393 e. The Kier molecular flexibility index (Phi) is 13.5. The maximum absolute atomic E-state index is 13.7. The van der Waals surface area contributed by atoms with Crippen molar-refractivity contribution in [3.63, 3.8) is 0 Å². The van der Waals surface area contributed by atoms with Gasteiger partial charge in [-0.15, -0.1) is 0 Å². The maximum Gasteiger partial charge on any atom is 0.315 e. The van der Waals surface area contributed by atoms with Crippen molar-refractivity contribution in [1.29, 1.82) is 0 Å². The van der Waals surface area contributed by atoms with Crippen LogP contribution in [0.2, 0.25) is 0 Å². The van der Waals surface area contributed by atoms with Gasteiger partial charge >= 0.3 is 11.9 Å². The van der Waals surface area contributed by atoms with Gasteiger partial charge in [0.05, 0.1) is 24.9 Å². The van der Waals surface area contributed by atoms with Gasteiger partial charge in [-0.1, -0.05) is 175 Å². The summed E-state index contributed by atoms with van der Waals surface area (Å²) >= 11 is 3.42. The molecule has 0 fully saturated rings. The average Bonchev–Trinajstić information content (AvgIpc) is 3.29. The van der Waals surface area contributed by atoms with Crippen LogP contribution in [0.25, 0.3) is 33.4 Å². The molecule has 298 valence electrons. The molecule has 0 aliphatic rings. The molecule has 7 aromatic rings. The molecule has 0 aliphatic heterocycles. The lowest BCUT2D eigenvalue weighted by molar-refractivity contribution is -0.160. The molecule has 0 heterocycles. The molecule has 0 radical (unpaired) electrons. The van der Waals surface area contributed by atoms with Crippen LogP contribution in [0.15, 0.2) is 186 Å². The van der Waals surface area contributed by atoms with Crippen LogP contribution in [0, 0.1) is 0 Å². The number of carbonyl (C=O) groups excluding carboxylic acids is 4. The van der Waals surface area contributed by atoms with E-state index in [1.807, 2.05) is 127 Å². The van der Waals surface area contributed by atoms with Crippen LogP contribution in [0.3, 0.4) is 0 Å². The van der Waals surface area contributed by atoms with E-state index in [1.54, 1.807) is 30.3 Å². The molecule has 7 rings (SSSR count). The number of hydrogen-bond acceptors (Lipinski definition) is 5. The predicted octanol–water partition coefficient (Wildman–Crippen LogP) is 11.5. The van der Waals surface area contributed by atoms with Gasteiger partial charge < -0.3 is 15.4 Å². The number of benzene rings is 7. The van der Waals surface area contributed by atoms with Crippen molar-refractivity contribution in [2.45, 2.75) is 38.3 Å². The van der Waals surface area contributed by atoms with Crippen LogP contribution in [0.5, 0.6) is 0 Å². The first-order valence-electron chi connectivity index (χ1n) is 19.8. The van der Waals surface area contributed by atoms with E-state index in [2.05, 4.69) is 57.8 Å². The molecular weight excluding hydrogens is 812 g/mol. The average molecular weight is 856 g/mol. The third-order valence-corrected chi connectivity index (χ3v) is 10.8. The quantitative estimate of drug-likeness (QED) is 0.0838. The molecule has 7 nitrogen and oxygen atoms in total. The standard InChI is InChI=1S/C52H43BrN2O5/c1-2-35-16-18-38(19-17-35)41-24-30-44(31-25-41)51(58)54-47(42-26-20-39(21-27-42)36-10-5-3-6-11-36)33-49(56)60-50(57)34-48(55-52(59)45-14-9-15-46(53)32-45)43-28-22-40(23-29-43)37-12-7-4-8-13-37/h3-32,47-48H,2,33-34H2,1H3,(H,54,58)(H,55,59). The fraction of sp³-hybridized carbons (Fsp3) is 0.115. The summed E-state index contributed by atoms with van der Waals surface area (Å²) in [5, 5.41) is 5.97. The third kappa shape index (κ3) is 10.8. The van der Waals surface area contributed by atoms with Gasteiger partial charge in [0, 0.05) is 15.6 Å². The van der Waals surface area contributed by atoms with Crippen molar-refractivity contribution in [1.82, 2.24) is 10.6 Å². The molecule has 0 saturated carbocycles. The lowest BCUT2D eigenvalue weighted by Crippen LogP contribution is -2.32. The van der Waals surface area contributed by atoms with Crippen LogP contribution in [-0.4, -0.2) is 23.8 Å². The lowest BCUT2D eigenvalue weighted by atomic mass is 9.98. The molecule has 60 heavy (non-hydrogen) atoms. The van der Waals surface area contributed by atoms with Crippen molar-refractivity contribution in [2.24, 2.45) is 0 Å². The second-order valence-corrected chi connectivity index (χ2v) is 15.3. The molecule has 7 aromatic carbocycles. The summed E-state index contributed by atoms with van der Waals surface area (Å²) in [5.74, 6) is -2.41. The van der Waals surface area contributed by atoms with Crippen LogP contribution < -0.4 is 10.6 Å². The van der Waals surface area contributed by atoms with Gasteiger partial charge in [0.1, 0.15) is 0 Å². The number of nitrogens with one attached hydrogen (secondary N) is 2. The Bertz CT molecular complexity index is 2560. The van der Waals surface area contributed by atoms with E-state index >= 15 is 0 Å². The third-order valence-electron chi connectivity index (χ3n) is 10.3. The van der Waals surface area contributed by atoms with E-state index < -0.39 is 29.9 Å². The van der Waals surface area contributed by atoms with Crippen molar-refractivity contribution >= 4 is 39.7 Å². The summed E-state index contributed by atoms with van der Waals surface area (Å²) in [6.45, 7) is 2.11. The van der Waals surface area contributed by atoms with Crippen LogP contribution in [0.1, 0.15) is 69.3 Å². The largest absolute Gasteiger partial charge is 0.393 e. The number of aryl methyl sites for hydroxylation is 1. The van der Waals surface area contributed by atoms with Crippen molar-refractivity contribution in [3.05, 3.63) is 214 Å². The number of carbonyl (C=O) groups is 4. The first kappa shape index (κ1) is 41.3. The summed E-state index contributed by atoms with van der Waals surface area (Å²) in [6.07, 6.45) is 0.324. The summed E-state index contributed by atoms with van der Waals surface area (Å²) in [6, 6.07) is 55.8. The molecule has 0 bridgehead atoms. The topological polar surface area (TPSA) is 102 Å². The summed E-state index contributed by atoms with van der Waals surface area (Å²) in [7, 11) is 0. The zero-order valence-electron chi connectivity index (χ0n) is 33.0. The Morgan fingerprint density at radius 3 is 1.30 bits per heavy atom. The molecule has 2 amide bonds. The highest BCUT2D eigenvalue weighted by molar-refractivity contribution is 9.10. The molecule has 0 spiro atoms. The zero-order valence-corrected chi connectivity index (χ0v) is 34.6. The Hall–Kier alpha value is -6.90. The van der Waals surface area contributed by atoms with Gasteiger partial charge in [0.25, 0.3) is 11.8 Å². The van der Waals surface area contributed by atoms with E-state index in [0.29, 0.717) is 22.3 Å². The van der Waals surface area contributed by atoms with Gasteiger partial charge in [0.15, 0.2) is 0 Å². The van der Waals surface area contributed by atoms with Crippen LogP contribution in [0.4, 0.5) is 0 Å². The molecular formula is C52H43BrN2O5. The van der Waals surface area contributed by atoms with Crippen LogP contribution >= 0.6 is 15.9 Å². The molecule has 0 aliphatic carbocycles. The SMILES string of the molecule is CCc1ccc(-c2ccc(C(=O)NC(CC(=O)OC(=O)CC(NC(=O)c3cccc(Br)c3)c3ccc(-c4ccccc4)cc3)c3ccc(-c4ccccc4)cc3)cc2)cc1. The van der Waals surface area contributed by atoms with E-state index in [9.17, 15) is 19.2 Å². The highest BCUT2D eigenvalue weighted by atomic mass is 79.9. The highest BCUT2D eigenvalue weighted by Gasteiger charge is 2.26. The van der Waals surface area contributed by atoms with E-state index in [4.69, 9.17) is 4.74 Å². The van der Waals surface area contributed by atoms with Gasteiger partial charge in [-0.3, -0.25) is 19.2 Å². The molecule has 2 N–H and O–H groups in total. The molecule has 8 heteroatoms. The van der Waals surface area contributed by atoms with Crippen molar-refractivity contribution < 1.29 is 23.9 Å². The highest BCUT2D eigenvalue weighted by Crippen LogP contribution is 2.28. The number of rotatable bonds is 14. The van der Waals surface area contributed by atoms with E-state index in [1.165, 1.54) is 5.56 Å². The minimum atomic E-state index is -0.821. The first-order valence-corrected chi connectivity index (χ1v) is 20.6. The first-order chi connectivity index (χ1) is 29.2. The van der Waals surface area contributed by atoms with Crippen molar-refractivity contribution in [2.75, 3.05) is 0 Å². The Morgan fingerprint density at radius 2 is 0.867 bits per heavy atom. The number of hydrogen-bond donors (Lipinski definition) is 2. The summed E-state index contributed by atoms with van der Waals surface area (Å²) in [4.78, 5) is 54.3. The number of amides is 2. The second-order valence-electron chi connectivity index (χ2n) is 14.4. The summed E-state index contributed by atoms with van der Waals surface area (Å²) in [5.41, 5.74) is 9.39. The number of ether oxygens (including phenoxy) is 1. The van der Waals surface area contributed by atoms with Gasteiger partial charge in [0.2, 0.25) is 0 Å². The fourth-order valence-corrected chi connectivity index (χ4v) is 7.38. The number of halogens is 1. The van der Waals surface area contributed by atoms with Gasteiger partial charge in [-0.05, 0) is 86.8 Å². The molecule has 0 saturated heterocycles. The molecule has 2 atom stereocenters. The smallest absolute Gasteiger partial charge is 0.315 e. The van der Waals surface area contributed by atoms with Gasteiger partial charge in [-0.25, -0.2) is 0 Å². The Morgan fingerprint density at radius 1 is 0.467 bits per heavy atom. The predicted molar refractivity (Wildman–Crippen MR) is 240 cm³/mol.